The summed E-state index contributed by atoms with van der Waals surface area (Å²) >= 11 is 7.40. The van der Waals surface area contributed by atoms with Crippen LogP contribution in [0.15, 0.2) is 42.5 Å². The molecule has 0 spiro atoms. The van der Waals surface area contributed by atoms with Crippen molar-refractivity contribution in [2.45, 2.75) is 0 Å². The third-order valence-electron chi connectivity index (χ3n) is 2.73. The Labute approximate surface area is 118 Å². The van der Waals surface area contributed by atoms with Crippen LogP contribution in [0.2, 0.25) is 5.02 Å². The van der Waals surface area contributed by atoms with Crippen molar-refractivity contribution in [2.24, 2.45) is 0 Å². The Morgan fingerprint density at radius 2 is 2.00 bits per heavy atom. The maximum absolute atomic E-state index is 11.0. The fraction of sp³-hybridized carbons (Fsp3) is 0. The van der Waals surface area contributed by atoms with Crippen LogP contribution < -0.4 is 0 Å². The molecule has 3 aromatic rings. The van der Waals surface area contributed by atoms with Gasteiger partial charge in [0.25, 0.3) is 0 Å². The third kappa shape index (κ3) is 2.20. The molecule has 0 aliphatic rings. The first-order valence-electron chi connectivity index (χ1n) is 5.54. The lowest BCUT2D eigenvalue weighted by atomic mass is 10.2. The van der Waals surface area contributed by atoms with Crippen LogP contribution >= 0.6 is 22.9 Å². The number of aromatic nitrogens is 1. The van der Waals surface area contributed by atoms with Crippen molar-refractivity contribution in [1.29, 1.82) is 0 Å². The van der Waals surface area contributed by atoms with Gasteiger partial charge in [-0.1, -0.05) is 29.8 Å². The molecule has 0 saturated heterocycles. The second-order valence-electron chi connectivity index (χ2n) is 3.98. The van der Waals surface area contributed by atoms with Gasteiger partial charge in [-0.15, -0.1) is 11.3 Å². The number of rotatable bonds is 2. The summed E-state index contributed by atoms with van der Waals surface area (Å²) < 4.78 is 1.14. The number of pyridine rings is 1. The van der Waals surface area contributed by atoms with Gasteiger partial charge in [-0.05, 0) is 29.7 Å². The highest BCUT2D eigenvalue weighted by Gasteiger charge is 2.13. The van der Waals surface area contributed by atoms with E-state index in [2.05, 4.69) is 4.98 Å². The van der Waals surface area contributed by atoms with Gasteiger partial charge in [0.2, 0.25) is 0 Å². The van der Waals surface area contributed by atoms with E-state index in [9.17, 15) is 4.79 Å². The highest BCUT2D eigenvalue weighted by molar-refractivity contribution is 7.22. The first-order chi connectivity index (χ1) is 9.15. The minimum Gasteiger partial charge on any atom is -0.476 e. The average Bonchev–Trinajstić information content (AvgIpc) is 2.82. The van der Waals surface area contributed by atoms with Crippen LogP contribution in [0.4, 0.5) is 0 Å². The minimum atomic E-state index is -1.12. The molecule has 3 rings (SSSR count). The topological polar surface area (TPSA) is 50.2 Å². The van der Waals surface area contributed by atoms with Crippen LogP contribution in [-0.4, -0.2) is 16.1 Å². The van der Waals surface area contributed by atoms with Crippen LogP contribution in [0.5, 0.6) is 0 Å². The molecule has 94 valence electrons. The molecule has 1 N–H and O–H groups in total. The second-order valence-corrected chi connectivity index (χ2v) is 5.47. The first-order valence-corrected chi connectivity index (χ1v) is 6.73. The molecular weight excluding hydrogens is 282 g/mol. The summed E-state index contributed by atoms with van der Waals surface area (Å²) in [6.45, 7) is 0. The molecule has 1 aromatic carbocycles. The number of aromatic carboxylic acids is 1. The van der Waals surface area contributed by atoms with Crippen molar-refractivity contribution in [1.82, 2.24) is 4.98 Å². The van der Waals surface area contributed by atoms with Crippen molar-refractivity contribution in [3.05, 3.63) is 53.2 Å². The van der Waals surface area contributed by atoms with Crippen LogP contribution in [0.3, 0.4) is 0 Å². The number of carboxylic acid groups (broad SMARTS) is 1. The summed E-state index contributed by atoms with van der Waals surface area (Å²) in [4.78, 5) is 16.1. The Hall–Kier alpha value is -1.91. The van der Waals surface area contributed by atoms with Gasteiger partial charge in [-0.25, -0.2) is 9.78 Å². The van der Waals surface area contributed by atoms with Gasteiger partial charge < -0.3 is 5.11 Å². The Balaban J connectivity index is 2.16. The summed E-state index contributed by atoms with van der Waals surface area (Å²) in [6.07, 6.45) is 0. The van der Waals surface area contributed by atoms with E-state index >= 15 is 0 Å². The molecular formula is C14H8ClNO2S. The van der Waals surface area contributed by atoms with Crippen molar-refractivity contribution in [3.8, 4) is 10.6 Å². The van der Waals surface area contributed by atoms with Crippen molar-refractivity contribution < 1.29 is 9.90 Å². The van der Waals surface area contributed by atoms with Gasteiger partial charge in [0.15, 0.2) is 5.69 Å². The van der Waals surface area contributed by atoms with Crippen molar-refractivity contribution in [2.75, 3.05) is 0 Å². The summed E-state index contributed by atoms with van der Waals surface area (Å²) in [6, 6.07) is 13.3. The lowest BCUT2D eigenvalue weighted by Gasteiger charge is -2.01. The number of halogens is 1. The van der Waals surface area contributed by atoms with Crippen LogP contribution in [0.25, 0.3) is 20.7 Å². The normalized spacial score (nSPS) is 10.8. The number of benzene rings is 1. The molecule has 3 nitrogen and oxygen atoms in total. The molecule has 2 heterocycles. The number of carbonyl (C=O) groups is 1. The fourth-order valence-electron chi connectivity index (χ4n) is 1.84. The Morgan fingerprint density at radius 1 is 1.21 bits per heavy atom. The molecule has 0 amide bonds. The number of hydrogen-bond donors (Lipinski definition) is 1. The molecule has 2 aromatic heterocycles. The van der Waals surface area contributed by atoms with Crippen molar-refractivity contribution in [3.63, 3.8) is 0 Å². The Bertz CT molecular complexity index is 749. The molecule has 0 unspecified atom stereocenters. The Kier molecular flexibility index (Phi) is 2.97. The molecule has 0 aliphatic heterocycles. The molecule has 0 radical (unpaired) electrons. The highest BCUT2D eigenvalue weighted by Crippen LogP contribution is 2.33. The van der Waals surface area contributed by atoms with Gasteiger partial charge in [0, 0.05) is 4.70 Å². The van der Waals surface area contributed by atoms with Crippen LogP contribution in [0.1, 0.15) is 10.5 Å². The van der Waals surface area contributed by atoms with E-state index in [1.807, 2.05) is 30.3 Å². The van der Waals surface area contributed by atoms with Gasteiger partial charge in [0.05, 0.1) is 15.6 Å². The first kappa shape index (κ1) is 12.1. The van der Waals surface area contributed by atoms with Crippen LogP contribution in [-0.2, 0) is 0 Å². The predicted molar refractivity (Wildman–Crippen MR) is 77.0 cm³/mol. The van der Waals surface area contributed by atoms with Gasteiger partial charge in [-0.3, -0.25) is 0 Å². The van der Waals surface area contributed by atoms with Crippen molar-refractivity contribution >= 4 is 39.0 Å². The second kappa shape index (κ2) is 4.64. The van der Waals surface area contributed by atoms with Gasteiger partial charge >= 0.3 is 5.97 Å². The van der Waals surface area contributed by atoms with Gasteiger partial charge in [0.1, 0.15) is 0 Å². The SMILES string of the molecule is O=C(O)c1nc(-c2cc3ccccc3s2)ccc1Cl. The number of thiophene rings is 1. The Morgan fingerprint density at radius 3 is 2.74 bits per heavy atom. The largest absolute Gasteiger partial charge is 0.476 e. The number of nitrogens with zero attached hydrogens (tertiary/aromatic N) is 1. The van der Waals surface area contributed by atoms with E-state index in [-0.39, 0.29) is 10.7 Å². The summed E-state index contributed by atoms with van der Waals surface area (Å²) in [7, 11) is 0. The van der Waals surface area contributed by atoms with E-state index in [4.69, 9.17) is 16.7 Å². The molecule has 0 atom stereocenters. The lowest BCUT2D eigenvalue weighted by Crippen LogP contribution is -2.01. The molecule has 0 bridgehead atoms. The molecule has 0 aliphatic carbocycles. The molecule has 19 heavy (non-hydrogen) atoms. The number of carboxylic acids is 1. The molecule has 5 heteroatoms. The zero-order valence-corrected chi connectivity index (χ0v) is 11.2. The quantitative estimate of drug-likeness (QED) is 0.764. The lowest BCUT2D eigenvalue weighted by molar-refractivity contribution is 0.0691. The van der Waals surface area contributed by atoms with E-state index < -0.39 is 5.97 Å². The fourth-order valence-corrected chi connectivity index (χ4v) is 3.06. The van der Waals surface area contributed by atoms with E-state index in [1.165, 1.54) is 0 Å². The predicted octanol–water partition coefficient (Wildman–Crippen LogP) is 4.31. The minimum absolute atomic E-state index is 0.114. The van der Waals surface area contributed by atoms with Gasteiger partial charge in [-0.2, -0.15) is 0 Å². The maximum atomic E-state index is 11.0. The maximum Gasteiger partial charge on any atom is 0.356 e. The smallest absolute Gasteiger partial charge is 0.356 e. The summed E-state index contributed by atoms with van der Waals surface area (Å²) in [5, 5.41) is 10.3. The average molecular weight is 290 g/mol. The monoisotopic (exact) mass is 289 g/mol. The summed E-state index contributed by atoms with van der Waals surface area (Å²) in [5.41, 5.74) is 0.514. The zero-order valence-electron chi connectivity index (χ0n) is 9.63. The highest BCUT2D eigenvalue weighted by atomic mass is 35.5. The standard InChI is InChI=1S/C14H8ClNO2S/c15-9-5-6-10(16-13(9)14(17)18)12-7-8-3-1-2-4-11(8)19-12/h1-7H,(H,17,18). The number of hydrogen-bond acceptors (Lipinski definition) is 3. The van der Waals surface area contributed by atoms with Crippen LogP contribution in [0, 0.1) is 0 Å². The number of fused-ring (bicyclic) bond motifs is 1. The molecule has 0 fully saturated rings. The van der Waals surface area contributed by atoms with E-state index in [0.29, 0.717) is 5.69 Å². The van der Waals surface area contributed by atoms with E-state index in [0.717, 1.165) is 15.0 Å². The third-order valence-corrected chi connectivity index (χ3v) is 4.17. The molecule has 0 saturated carbocycles. The summed E-state index contributed by atoms with van der Waals surface area (Å²) in [5.74, 6) is -1.12. The van der Waals surface area contributed by atoms with E-state index in [1.54, 1.807) is 23.5 Å². The zero-order chi connectivity index (χ0) is 13.4.